The van der Waals surface area contributed by atoms with E-state index < -0.39 is 17.1 Å². The summed E-state index contributed by atoms with van der Waals surface area (Å²) < 4.78 is 37.0. The largest absolute Gasteiger partial charge is 0.497 e. The number of thiophene rings is 1. The van der Waals surface area contributed by atoms with Gasteiger partial charge in [-0.05, 0) is 29.7 Å². The van der Waals surface area contributed by atoms with Crippen LogP contribution in [0.3, 0.4) is 0 Å². The van der Waals surface area contributed by atoms with Gasteiger partial charge >= 0.3 is 5.92 Å². The number of nitrogens with zero attached hydrogens (tertiary/aromatic N) is 2. The lowest BCUT2D eigenvalue weighted by Crippen LogP contribution is -2.43. The summed E-state index contributed by atoms with van der Waals surface area (Å²) in [4.78, 5) is 17.1. The van der Waals surface area contributed by atoms with Crippen LogP contribution in [-0.4, -0.2) is 32.7 Å². The van der Waals surface area contributed by atoms with Crippen molar-refractivity contribution in [3.63, 3.8) is 0 Å². The first kappa shape index (κ1) is 23.6. The first-order valence-electron chi connectivity index (χ1n) is 10.7. The van der Waals surface area contributed by atoms with Gasteiger partial charge in [0.1, 0.15) is 10.6 Å². The molecule has 1 aromatic carbocycles. The number of aromatic hydroxyl groups is 2. The summed E-state index contributed by atoms with van der Waals surface area (Å²) in [5.74, 6) is -4.55. The molecule has 182 valence electrons. The molecule has 0 bridgehead atoms. The zero-order valence-corrected chi connectivity index (χ0v) is 20.6. The molecule has 35 heavy (non-hydrogen) atoms. The van der Waals surface area contributed by atoms with E-state index in [1.165, 1.54) is 37.7 Å². The van der Waals surface area contributed by atoms with Gasteiger partial charge in [0.2, 0.25) is 5.78 Å². The molecule has 4 aromatic rings. The molecule has 0 unspecified atom stereocenters. The number of hydrogen-bond donors (Lipinski definition) is 2. The van der Waals surface area contributed by atoms with Crippen LogP contribution in [0.5, 0.6) is 17.5 Å². The van der Waals surface area contributed by atoms with Gasteiger partial charge in [-0.15, -0.1) is 11.3 Å². The Morgan fingerprint density at radius 3 is 2.37 bits per heavy atom. The van der Waals surface area contributed by atoms with Crippen molar-refractivity contribution < 1.29 is 28.5 Å². The molecule has 0 fully saturated rings. The molecule has 10 heteroatoms. The number of halogens is 3. The predicted molar refractivity (Wildman–Crippen MR) is 130 cm³/mol. The molecule has 0 radical (unpaired) electrons. The number of rotatable bonds is 4. The predicted octanol–water partition coefficient (Wildman–Crippen LogP) is 6.13. The van der Waals surface area contributed by atoms with Crippen molar-refractivity contribution in [2.45, 2.75) is 32.7 Å². The maximum atomic E-state index is 15.3. The zero-order valence-electron chi connectivity index (χ0n) is 19.0. The number of Topliss-reactive ketones (excluding diaryl/α,β-unsaturated/α-hetero) is 1. The number of methoxy groups -OCH3 is 1. The molecule has 3 heterocycles. The summed E-state index contributed by atoms with van der Waals surface area (Å²) in [6.07, 6.45) is 0.121. The van der Waals surface area contributed by atoms with Crippen LogP contribution < -0.4 is 4.74 Å². The first-order valence-corrected chi connectivity index (χ1v) is 11.9. The minimum absolute atomic E-state index is 0.0913. The fourth-order valence-electron chi connectivity index (χ4n) is 4.58. The summed E-state index contributed by atoms with van der Waals surface area (Å²) >= 11 is 7.64. The maximum Gasteiger partial charge on any atom is 0.340 e. The van der Waals surface area contributed by atoms with Crippen molar-refractivity contribution >= 4 is 38.9 Å². The second-order valence-electron chi connectivity index (χ2n) is 9.17. The van der Waals surface area contributed by atoms with Gasteiger partial charge in [-0.2, -0.15) is 8.78 Å². The van der Waals surface area contributed by atoms with Crippen LogP contribution in [-0.2, 0) is 23.7 Å². The molecule has 5 rings (SSSR count). The molecule has 2 N–H and O–H groups in total. The molecule has 0 saturated heterocycles. The number of pyridine rings is 1. The average molecular weight is 519 g/mol. The van der Waals surface area contributed by atoms with E-state index in [0.29, 0.717) is 32.7 Å². The minimum Gasteiger partial charge on any atom is -0.497 e. The number of benzene rings is 1. The van der Waals surface area contributed by atoms with Crippen molar-refractivity contribution in [2.24, 2.45) is 5.41 Å². The Morgan fingerprint density at radius 1 is 1.14 bits per heavy atom. The molecule has 0 spiro atoms. The lowest BCUT2D eigenvalue weighted by Gasteiger charge is -2.33. The highest BCUT2D eigenvalue weighted by Gasteiger charge is 2.55. The normalized spacial score (nSPS) is 16.5. The van der Waals surface area contributed by atoms with Gasteiger partial charge in [-0.3, -0.25) is 9.36 Å². The van der Waals surface area contributed by atoms with Crippen LogP contribution in [0.2, 0.25) is 5.02 Å². The lowest BCUT2D eigenvalue weighted by atomic mass is 9.73. The van der Waals surface area contributed by atoms with Gasteiger partial charge in [0.05, 0.1) is 29.2 Å². The standard InChI is InChI=1S/C25H21ClF2N2O4S/c1-24(2)10-14-19-18(12-4-6-13(34-3)7-5-12)20(26)15(11-30-16(31)8-9-17(30)32)29-22(19)35-21(14)25(27,28)23(24)33/h4-9,31-32H,10-11H2,1-3H3. The molecule has 3 aromatic heterocycles. The topological polar surface area (TPSA) is 84.6 Å². The molecule has 1 aliphatic rings. The number of carbonyl (C=O) groups excluding carboxylic acids is 1. The second kappa shape index (κ2) is 7.93. The van der Waals surface area contributed by atoms with E-state index in [4.69, 9.17) is 16.3 Å². The van der Waals surface area contributed by atoms with Gasteiger partial charge in [0, 0.05) is 28.5 Å². The quantitative estimate of drug-likeness (QED) is 0.339. The number of ether oxygens (including phenoxy) is 1. The molecule has 6 nitrogen and oxygen atoms in total. The number of fused-ring (bicyclic) bond motifs is 3. The zero-order chi connectivity index (χ0) is 25.3. The van der Waals surface area contributed by atoms with Crippen molar-refractivity contribution in [2.75, 3.05) is 7.11 Å². The number of carbonyl (C=O) groups is 1. The van der Waals surface area contributed by atoms with Crippen LogP contribution in [0, 0.1) is 5.41 Å². The number of aromatic nitrogens is 2. The molecular formula is C25H21ClF2N2O4S. The summed E-state index contributed by atoms with van der Waals surface area (Å²) in [7, 11) is 1.54. The van der Waals surface area contributed by atoms with E-state index in [1.807, 2.05) is 0 Å². The Labute approximate surface area is 208 Å². The summed E-state index contributed by atoms with van der Waals surface area (Å²) in [5.41, 5.74) is 0.524. The Kier molecular flexibility index (Phi) is 5.34. The monoisotopic (exact) mass is 518 g/mol. The smallest absolute Gasteiger partial charge is 0.340 e. The van der Waals surface area contributed by atoms with E-state index in [1.54, 1.807) is 24.3 Å². The van der Waals surface area contributed by atoms with Gasteiger partial charge in [-0.25, -0.2) is 4.98 Å². The summed E-state index contributed by atoms with van der Waals surface area (Å²) in [5, 5.41) is 20.9. The first-order chi connectivity index (χ1) is 16.5. The van der Waals surface area contributed by atoms with E-state index >= 15 is 8.78 Å². The SMILES string of the molecule is COc1ccc(-c2c(Cl)c(Cn3c(O)ccc3O)nc3sc4c(c23)CC(C)(C)C(=O)C4(F)F)cc1. The number of ketones is 1. The van der Waals surface area contributed by atoms with Gasteiger partial charge < -0.3 is 14.9 Å². The van der Waals surface area contributed by atoms with Crippen LogP contribution >= 0.6 is 22.9 Å². The molecule has 1 aliphatic carbocycles. The minimum atomic E-state index is -3.65. The second-order valence-corrected chi connectivity index (χ2v) is 10.5. The Hall–Kier alpha value is -3.17. The van der Waals surface area contributed by atoms with Crippen molar-refractivity contribution in [3.05, 3.63) is 57.6 Å². The number of alkyl halides is 2. The lowest BCUT2D eigenvalue weighted by molar-refractivity contribution is -0.155. The van der Waals surface area contributed by atoms with E-state index in [9.17, 15) is 15.0 Å². The highest BCUT2D eigenvalue weighted by molar-refractivity contribution is 7.19. The third-order valence-corrected chi connectivity index (χ3v) is 7.98. The maximum absolute atomic E-state index is 15.3. The van der Waals surface area contributed by atoms with Crippen LogP contribution in [0.4, 0.5) is 8.78 Å². The molecule has 0 saturated carbocycles. The Balaban J connectivity index is 1.83. The van der Waals surface area contributed by atoms with Gasteiger partial charge in [-0.1, -0.05) is 37.6 Å². The van der Waals surface area contributed by atoms with Crippen LogP contribution in [0.15, 0.2) is 36.4 Å². The van der Waals surface area contributed by atoms with E-state index in [-0.39, 0.29) is 40.3 Å². The van der Waals surface area contributed by atoms with Crippen molar-refractivity contribution in [1.29, 1.82) is 0 Å². The Morgan fingerprint density at radius 2 is 1.77 bits per heavy atom. The summed E-state index contributed by atoms with van der Waals surface area (Å²) in [6.45, 7) is 2.94. The van der Waals surface area contributed by atoms with E-state index in [2.05, 4.69) is 4.98 Å². The van der Waals surface area contributed by atoms with Gasteiger partial charge in [0.25, 0.3) is 0 Å². The summed E-state index contributed by atoms with van der Waals surface area (Å²) in [6, 6.07) is 9.67. The fraction of sp³-hybridized carbons (Fsp3) is 0.280. The molecule has 0 atom stereocenters. The average Bonchev–Trinajstić information content (AvgIpc) is 3.33. The highest BCUT2D eigenvalue weighted by Crippen LogP contribution is 2.53. The van der Waals surface area contributed by atoms with Crippen LogP contribution in [0.1, 0.15) is 30.0 Å². The van der Waals surface area contributed by atoms with Crippen molar-refractivity contribution in [1.82, 2.24) is 9.55 Å². The third kappa shape index (κ3) is 3.56. The third-order valence-electron chi connectivity index (χ3n) is 6.37. The van der Waals surface area contributed by atoms with Gasteiger partial charge in [0.15, 0.2) is 11.8 Å². The van der Waals surface area contributed by atoms with Crippen LogP contribution in [0.25, 0.3) is 21.3 Å². The molecule has 0 amide bonds. The highest BCUT2D eigenvalue weighted by atomic mass is 35.5. The molecule has 0 aliphatic heterocycles. The Bertz CT molecular complexity index is 1470. The fourth-order valence-corrected chi connectivity index (χ4v) is 6.08. The molecular weight excluding hydrogens is 498 g/mol. The number of hydrogen-bond acceptors (Lipinski definition) is 6. The van der Waals surface area contributed by atoms with Crippen molar-refractivity contribution in [3.8, 4) is 28.6 Å². The van der Waals surface area contributed by atoms with E-state index in [0.717, 1.165) is 11.3 Å².